The smallest absolute Gasteiger partial charge is 0.290 e. The molecule has 8 heteroatoms. The SMILES string of the molecule is Cc1cn2nc(C3CCCCN3C(=O)c3ccco3)cc2nc1N1CCC(N)C1. The fraction of sp³-hybridized carbons (Fsp3) is 0.476. The lowest BCUT2D eigenvalue weighted by molar-refractivity contribution is 0.0573. The standard InChI is InChI=1S/C21H26N6O2/c1-14-12-27-19(23-20(14)25-9-7-15(22)13-25)11-16(24-27)17-5-2-3-8-26(17)21(28)18-6-4-10-29-18/h4,6,10-12,15,17H,2-3,5,7-9,13,22H2,1H3. The van der Waals surface area contributed by atoms with Crippen LogP contribution >= 0.6 is 0 Å². The first-order valence-electron chi connectivity index (χ1n) is 10.3. The summed E-state index contributed by atoms with van der Waals surface area (Å²) in [5.74, 6) is 1.28. The van der Waals surface area contributed by atoms with Crippen LogP contribution in [0.5, 0.6) is 0 Å². The maximum Gasteiger partial charge on any atom is 0.290 e. The second-order valence-corrected chi connectivity index (χ2v) is 8.10. The van der Waals surface area contributed by atoms with E-state index in [9.17, 15) is 4.79 Å². The quantitative estimate of drug-likeness (QED) is 0.734. The number of furan rings is 1. The highest BCUT2D eigenvalue weighted by molar-refractivity contribution is 5.91. The molecule has 2 aliphatic rings. The predicted octanol–water partition coefficient (Wildman–Crippen LogP) is 2.54. The van der Waals surface area contributed by atoms with E-state index in [4.69, 9.17) is 20.2 Å². The molecule has 5 heterocycles. The van der Waals surface area contributed by atoms with Crippen LogP contribution in [0.1, 0.15) is 53.5 Å². The number of aryl methyl sites for hydroxylation is 1. The molecule has 2 unspecified atom stereocenters. The van der Waals surface area contributed by atoms with Gasteiger partial charge in [0.15, 0.2) is 11.4 Å². The number of amides is 1. The van der Waals surface area contributed by atoms with Crippen molar-refractivity contribution < 1.29 is 9.21 Å². The normalized spacial score (nSPS) is 22.6. The molecule has 2 aliphatic heterocycles. The molecule has 0 aliphatic carbocycles. The molecule has 0 bridgehead atoms. The minimum Gasteiger partial charge on any atom is -0.459 e. The van der Waals surface area contributed by atoms with Gasteiger partial charge in [0.25, 0.3) is 5.91 Å². The molecule has 0 spiro atoms. The van der Waals surface area contributed by atoms with Gasteiger partial charge >= 0.3 is 0 Å². The summed E-state index contributed by atoms with van der Waals surface area (Å²) in [6.45, 7) is 4.53. The van der Waals surface area contributed by atoms with Gasteiger partial charge in [0.05, 0.1) is 18.0 Å². The van der Waals surface area contributed by atoms with Crippen LogP contribution < -0.4 is 10.6 Å². The lowest BCUT2D eigenvalue weighted by Gasteiger charge is -2.34. The van der Waals surface area contributed by atoms with Crippen molar-refractivity contribution in [2.75, 3.05) is 24.5 Å². The van der Waals surface area contributed by atoms with E-state index in [2.05, 4.69) is 11.8 Å². The molecule has 2 fully saturated rings. The van der Waals surface area contributed by atoms with Crippen molar-refractivity contribution in [3.8, 4) is 0 Å². The Kier molecular flexibility index (Phi) is 4.50. The van der Waals surface area contributed by atoms with Gasteiger partial charge in [-0.15, -0.1) is 0 Å². The lowest BCUT2D eigenvalue weighted by atomic mass is 9.99. The predicted molar refractivity (Wildman–Crippen MR) is 109 cm³/mol. The van der Waals surface area contributed by atoms with Crippen LogP contribution in [0.4, 0.5) is 5.82 Å². The van der Waals surface area contributed by atoms with Crippen molar-refractivity contribution >= 4 is 17.4 Å². The van der Waals surface area contributed by atoms with Crippen LogP contribution in [0.25, 0.3) is 5.65 Å². The summed E-state index contributed by atoms with van der Waals surface area (Å²) in [4.78, 5) is 21.9. The summed E-state index contributed by atoms with van der Waals surface area (Å²) in [6.07, 6.45) is 7.50. The summed E-state index contributed by atoms with van der Waals surface area (Å²) in [6, 6.07) is 5.62. The number of rotatable bonds is 3. The Hall–Kier alpha value is -2.87. The van der Waals surface area contributed by atoms with E-state index in [1.165, 1.54) is 6.26 Å². The molecule has 2 N–H and O–H groups in total. The van der Waals surface area contributed by atoms with Crippen LogP contribution in [-0.4, -0.2) is 51.1 Å². The van der Waals surface area contributed by atoms with Crippen LogP contribution in [0.2, 0.25) is 0 Å². The lowest BCUT2D eigenvalue weighted by Crippen LogP contribution is -2.38. The summed E-state index contributed by atoms with van der Waals surface area (Å²) in [7, 11) is 0. The van der Waals surface area contributed by atoms with Gasteiger partial charge in [-0.2, -0.15) is 5.10 Å². The van der Waals surface area contributed by atoms with Gasteiger partial charge in [0.2, 0.25) is 0 Å². The van der Waals surface area contributed by atoms with Gasteiger partial charge in [-0.3, -0.25) is 4.79 Å². The second kappa shape index (κ2) is 7.18. The molecule has 3 aromatic heterocycles. The molecule has 8 nitrogen and oxygen atoms in total. The van der Waals surface area contributed by atoms with E-state index in [0.29, 0.717) is 12.3 Å². The van der Waals surface area contributed by atoms with Crippen LogP contribution in [0.15, 0.2) is 35.1 Å². The summed E-state index contributed by atoms with van der Waals surface area (Å²) >= 11 is 0. The number of nitrogens with two attached hydrogens (primary N) is 1. The molecule has 152 valence electrons. The third-order valence-electron chi connectivity index (χ3n) is 5.99. The maximum absolute atomic E-state index is 12.9. The average Bonchev–Trinajstić information content (AvgIpc) is 3.47. The molecule has 29 heavy (non-hydrogen) atoms. The highest BCUT2D eigenvalue weighted by Crippen LogP contribution is 2.32. The first-order valence-corrected chi connectivity index (χ1v) is 10.3. The topological polar surface area (TPSA) is 92.9 Å². The molecule has 3 aromatic rings. The zero-order valence-electron chi connectivity index (χ0n) is 16.6. The van der Waals surface area contributed by atoms with E-state index in [1.807, 2.05) is 21.7 Å². The summed E-state index contributed by atoms with van der Waals surface area (Å²) in [5.41, 5.74) is 8.84. The first-order chi connectivity index (χ1) is 14.1. The van der Waals surface area contributed by atoms with Crippen LogP contribution in [0.3, 0.4) is 0 Å². The van der Waals surface area contributed by atoms with E-state index in [-0.39, 0.29) is 18.0 Å². The highest BCUT2D eigenvalue weighted by atomic mass is 16.3. The van der Waals surface area contributed by atoms with E-state index in [1.54, 1.807) is 12.1 Å². The number of aromatic nitrogens is 3. The van der Waals surface area contributed by atoms with Gasteiger partial charge in [0.1, 0.15) is 5.82 Å². The highest BCUT2D eigenvalue weighted by Gasteiger charge is 2.32. The number of likely N-dealkylation sites (tertiary alicyclic amines) is 1. The van der Waals surface area contributed by atoms with Gasteiger partial charge in [0, 0.05) is 43.5 Å². The molecule has 5 rings (SSSR count). The zero-order valence-corrected chi connectivity index (χ0v) is 16.6. The van der Waals surface area contributed by atoms with Crippen LogP contribution in [0, 0.1) is 6.92 Å². The van der Waals surface area contributed by atoms with E-state index in [0.717, 1.165) is 61.5 Å². The minimum absolute atomic E-state index is 0.0629. The van der Waals surface area contributed by atoms with Crippen molar-refractivity contribution in [1.29, 1.82) is 0 Å². The van der Waals surface area contributed by atoms with Gasteiger partial charge < -0.3 is 20.0 Å². The molecule has 0 radical (unpaired) electrons. The fourth-order valence-electron chi connectivity index (χ4n) is 4.51. The monoisotopic (exact) mass is 394 g/mol. The molecular formula is C21H26N6O2. The number of anilines is 1. The number of piperidine rings is 1. The Morgan fingerprint density at radius 2 is 2.17 bits per heavy atom. The van der Waals surface area contributed by atoms with Crippen molar-refractivity contribution in [3.63, 3.8) is 0 Å². The van der Waals surface area contributed by atoms with Crippen molar-refractivity contribution in [1.82, 2.24) is 19.5 Å². The Bertz CT molecular complexity index is 1030. The fourth-order valence-corrected chi connectivity index (χ4v) is 4.51. The summed E-state index contributed by atoms with van der Waals surface area (Å²) < 4.78 is 7.17. The second-order valence-electron chi connectivity index (χ2n) is 8.10. The third-order valence-corrected chi connectivity index (χ3v) is 5.99. The number of nitrogens with zero attached hydrogens (tertiary/aromatic N) is 5. The minimum atomic E-state index is -0.0763. The number of carbonyl (C=O) groups is 1. The van der Waals surface area contributed by atoms with Crippen molar-refractivity contribution in [2.45, 2.75) is 44.7 Å². The van der Waals surface area contributed by atoms with Crippen LogP contribution in [-0.2, 0) is 0 Å². The number of hydrogen-bond donors (Lipinski definition) is 1. The maximum atomic E-state index is 12.9. The Morgan fingerprint density at radius 1 is 1.28 bits per heavy atom. The molecule has 0 saturated carbocycles. The zero-order chi connectivity index (χ0) is 20.0. The van der Waals surface area contributed by atoms with Crippen molar-refractivity contribution in [2.24, 2.45) is 5.73 Å². The van der Waals surface area contributed by atoms with Crippen molar-refractivity contribution in [3.05, 3.63) is 47.7 Å². The first kappa shape index (κ1) is 18.2. The number of hydrogen-bond acceptors (Lipinski definition) is 6. The Balaban J connectivity index is 1.48. The van der Waals surface area contributed by atoms with Gasteiger partial charge in [-0.25, -0.2) is 9.50 Å². The Labute approximate surface area is 169 Å². The number of fused-ring (bicyclic) bond motifs is 1. The van der Waals surface area contributed by atoms with Gasteiger partial charge in [-0.05, 0) is 44.7 Å². The third kappa shape index (κ3) is 3.27. The summed E-state index contributed by atoms with van der Waals surface area (Å²) in [5, 5.41) is 4.78. The number of carbonyl (C=O) groups excluding carboxylic acids is 1. The largest absolute Gasteiger partial charge is 0.459 e. The molecule has 2 saturated heterocycles. The molecular weight excluding hydrogens is 368 g/mol. The van der Waals surface area contributed by atoms with Gasteiger partial charge in [-0.1, -0.05) is 0 Å². The molecule has 0 aromatic carbocycles. The van der Waals surface area contributed by atoms with E-state index >= 15 is 0 Å². The average molecular weight is 394 g/mol. The Morgan fingerprint density at radius 3 is 2.93 bits per heavy atom. The molecule has 2 atom stereocenters. The van der Waals surface area contributed by atoms with E-state index < -0.39 is 0 Å². The molecule has 1 amide bonds.